The molecule has 5 heteroatoms. The SMILES string of the molecule is CN(C)C(C)(C)C(NN)c1ccnn1-c1ccccc1. The Labute approximate surface area is 120 Å². The second-order valence-electron chi connectivity index (χ2n) is 5.65. The molecule has 2 rings (SSSR count). The van der Waals surface area contributed by atoms with Gasteiger partial charge in [-0.2, -0.15) is 5.10 Å². The summed E-state index contributed by atoms with van der Waals surface area (Å²) in [4.78, 5) is 2.15. The zero-order valence-electron chi connectivity index (χ0n) is 12.5. The molecule has 1 aromatic heterocycles. The van der Waals surface area contributed by atoms with Crippen LogP contribution in [0, 0.1) is 0 Å². The Morgan fingerprint density at radius 3 is 2.40 bits per heavy atom. The molecule has 0 aliphatic carbocycles. The summed E-state index contributed by atoms with van der Waals surface area (Å²) in [5.74, 6) is 5.82. The molecular formula is C15H23N5. The van der Waals surface area contributed by atoms with Gasteiger partial charge in [0.05, 0.1) is 17.4 Å². The molecule has 0 aliphatic heterocycles. The van der Waals surface area contributed by atoms with Crippen LogP contribution in [0.5, 0.6) is 0 Å². The van der Waals surface area contributed by atoms with E-state index in [-0.39, 0.29) is 11.6 Å². The Morgan fingerprint density at radius 1 is 1.20 bits per heavy atom. The monoisotopic (exact) mass is 273 g/mol. The third-order valence-corrected chi connectivity index (χ3v) is 3.99. The highest BCUT2D eigenvalue weighted by Crippen LogP contribution is 2.29. The summed E-state index contributed by atoms with van der Waals surface area (Å²) >= 11 is 0. The van der Waals surface area contributed by atoms with Gasteiger partial charge in [-0.25, -0.2) is 10.1 Å². The molecule has 2 aromatic rings. The van der Waals surface area contributed by atoms with Crippen LogP contribution in [-0.4, -0.2) is 34.3 Å². The van der Waals surface area contributed by atoms with E-state index in [1.54, 1.807) is 6.20 Å². The average Bonchev–Trinajstić information content (AvgIpc) is 2.89. The number of benzene rings is 1. The number of hydrogen-bond acceptors (Lipinski definition) is 4. The van der Waals surface area contributed by atoms with Crippen LogP contribution in [-0.2, 0) is 0 Å². The first-order valence-corrected chi connectivity index (χ1v) is 6.71. The van der Waals surface area contributed by atoms with E-state index in [1.807, 2.05) is 55.2 Å². The van der Waals surface area contributed by atoms with Crippen LogP contribution in [0.25, 0.3) is 5.69 Å². The van der Waals surface area contributed by atoms with Gasteiger partial charge in [0.2, 0.25) is 0 Å². The first-order chi connectivity index (χ1) is 9.48. The highest BCUT2D eigenvalue weighted by molar-refractivity contribution is 5.33. The molecule has 0 saturated heterocycles. The summed E-state index contributed by atoms with van der Waals surface area (Å²) in [6.45, 7) is 4.31. The van der Waals surface area contributed by atoms with E-state index >= 15 is 0 Å². The van der Waals surface area contributed by atoms with Gasteiger partial charge in [0.15, 0.2) is 0 Å². The van der Waals surface area contributed by atoms with E-state index in [4.69, 9.17) is 5.84 Å². The Hall–Kier alpha value is -1.69. The standard InChI is InChI=1S/C15H23N5/c1-15(2,19(3)4)14(18-16)13-10-11-17-20(13)12-8-6-5-7-9-12/h5-11,14,18H,16H2,1-4H3. The van der Waals surface area contributed by atoms with Gasteiger partial charge in [-0.1, -0.05) is 18.2 Å². The molecule has 1 heterocycles. The molecule has 0 bridgehead atoms. The van der Waals surface area contributed by atoms with E-state index in [0.717, 1.165) is 11.4 Å². The van der Waals surface area contributed by atoms with Crippen LogP contribution in [0.1, 0.15) is 25.6 Å². The minimum absolute atomic E-state index is 0.0415. The lowest BCUT2D eigenvalue weighted by atomic mass is 9.91. The van der Waals surface area contributed by atoms with E-state index in [0.29, 0.717) is 0 Å². The van der Waals surface area contributed by atoms with Crippen molar-refractivity contribution in [2.45, 2.75) is 25.4 Å². The Bertz CT molecular complexity index is 544. The number of nitrogens with two attached hydrogens (primary N) is 1. The van der Waals surface area contributed by atoms with Gasteiger partial charge in [0.25, 0.3) is 0 Å². The zero-order valence-corrected chi connectivity index (χ0v) is 12.5. The lowest BCUT2D eigenvalue weighted by Crippen LogP contribution is -2.51. The highest BCUT2D eigenvalue weighted by atomic mass is 15.3. The Morgan fingerprint density at radius 2 is 1.85 bits per heavy atom. The lowest BCUT2D eigenvalue weighted by Gasteiger charge is -2.39. The first kappa shape index (κ1) is 14.7. The van der Waals surface area contributed by atoms with Gasteiger partial charge < -0.3 is 4.90 Å². The second-order valence-corrected chi connectivity index (χ2v) is 5.65. The molecule has 0 fully saturated rings. The number of nitrogens with one attached hydrogen (secondary N) is 1. The largest absolute Gasteiger partial charge is 0.302 e. The fourth-order valence-electron chi connectivity index (χ4n) is 2.23. The molecule has 0 radical (unpaired) electrons. The van der Waals surface area contributed by atoms with Crippen molar-refractivity contribution >= 4 is 0 Å². The maximum atomic E-state index is 5.82. The molecule has 0 amide bonds. The van der Waals surface area contributed by atoms with Crippen molar-refractivity contribution in [2.75, 3.05) is 14.1 Å². The van der Waals surface area contributed by atoms with Crippen molar-refractivity contribution < 1.29 is 0 Å². The molecule has 0 aliphatic rings. The lowest BCUT2D eigenvalue weighted by molar-refractivity contribution is 0.134. The smallest absolute Gasteiger partial charge is 0.0811 e. The average molecular weight is 273 g/mol. The predicted octanol–water partition coefficient (Wildman–Crippen LogP) is 1.72. The molecule has 0 saturated carbocycles. The minimum Gasteiger partial charge on any atom is -0.302 e. The summed E-state index contributed by atoms with van der Waals surface area (Å²) in [5, 5.41) is 4.43. The van der Waals surface area contributed by atoms with Crippen molar-refractivity contribution in [1.29, 1.82) is 0 Å². The van der Waals surface area contributed by atoms with Crippen molar-refractivity contribution in [3.05, 3.63) is 48.3 Å². The van der Waals surface area contributed by atoms with Gasteiger partial charge in [-0.05, 0) is 46.1 Å². The minimum atomic E-state index is -0.151. The van der Waals surface area contributed by atoms with E-state index in [1.165, 1.54) is 0 Å². The summed E-state index contributed by atoms with van der Waals surface area (Å²) < 4.78 is 1.93. The van der Waals surface area contributed by atoms with Crippen LogP contribution in [0.4, 0.5) is 0 Å². The Kier molecular flexibility index (Phi) is 4.23. The van der Waals surface area contributed by atoms with Gasteiger partial charge in [0.1, 0.15) is 0 Å². The summed E-state index contributed by atoms with van der Waals surface area (Å²) in [6.07, 6.45) is 1.80. The molecular weight excluding hydrogens is 250 g/mol. The molecule has 1 atom stereocenters. The number of hydrogen-bond donors (Lipinski definition) is 2. The number of nitrogens with zero attached hydrogens (tertiary/aromatic N) is 3. The third-order valence-electron chi connectivity index (χ3n) is 3.99. The maximum absolute atomic E-state index is 5.82. The van der Waals surface area contributed by atoms with Crippen molar-refractivity contribution in [3.8, 4) is 5.69 Å². The topological polar surface area (TPSA) is 59.1 Å². The third kappa shape index (κ3) is 2.60. The van der Waals surface area contributed by atoms with Crippen molar-refractivity contribution in [1.82, 2.24) is 20.1 Å². The first-order valence-electron chi connectivity index (χ1n) is 6.71. The number of rotatable bonds is 5. The highest BCUT2D eigenvalue weighted by Gasteiger charge is 2.34. The van der Waals surface area contributed by atoms with Crippen LogP contribution >= 0.6 is 0 Å². The molecule has 1 aromatic carbocycles. The van der Waals surface area contributed by atoms with Crippen LogP contribution < -0.4 is 11.3 Å². The molecule has 5 nitrogen and oxygen atoms in total. The van der Waals surface area contributed by atoms with Crippen molar-refractivity contribution in [3.63, 3.8) is 0 Å². The normalized spacial score (nSPS) is 13.7. The molecule has 3 N–H and O–H groups in total. The molecule has 20 heavy (non-hydrogen) atoms. The van der Waals surface area contributed by atoms with Crippen molar-refractivity contribution in [2.24, 2.45) is 5.84 Å². The van der Waals surface area contributed by atoms with E-state index in [9.17, 15) is 0 Å². The fourth-order valence-corrected chi connectivity index (χ4v) is 2.23. The van der Waals surface area contributed by atoms with E-state index in [2.05, 4.69) is 29.3 Å². The fraction of sp³-hybridized carbons (Fsp3) is 0.400. The van der Waals surface area contributed by atoms with Crippen LogP contribution in [0.2, 0.25) is 0 Å². The zero-order chi connectivity index (χ0) is 14.8. The van der Waals surface area contributed by atoms with Gasteiger partial charge in [0, 0.05) is 11.7 Å². The van der Waals surface area contributed by atoms with E-state index < -0.39 is 0 Å². The summed E-state index contributed by atoms with van der Waals surface area (Å²) in [6, 6.07) is 12.0. The molecule has 0 spiro atoms. The number of hydrazine groups is 1. The molecule has 1 unspecified atom stereocenters. The number of likely N-dealkylation sites (N-methyl/N-ethyl adjacent to an activating group) is 1. The van der Waals surface area contributed by atoms with Crippen LogP contribution in [0.3, 0.4) is 0 Å². The maximum Gasteiger partial charge on any atom is 0.0811 e. The van der Waals surface area contributed by atoms with Crippen LogP contribution in [0.15, 0.2) is 42.6 Å². The summed E-state index contributed by atoms with van der Waals surface area (Å²) in [7, 11) is 4.10. The number of aromatic nitrogens is 2. The van der Waals surface area contributed by atoms with Gasteiger partial charge in [-0.15, -0.1) is 0 Å². The predicted molar refractivity (Wildman–Crippen MR) is 81.4 cm³/mol. The summed E-state index contributed by atoms with van der Waals surface area (Å²) in [5.41, 5.74) is 4.85. The Balaban J connectivity index is 2.45. The van der Waals surface area contributed by atoms with Gasteiger partial charge >= 0.3 is 0 Å². The second kappa shape index (κ2) is 5.75. The quantitative estimate of drug-likeness (QED) is 0.643. The number of para-hydroxylation sites is 1. The van der Waals surface area contributed by atoms with Gasteiger partial charge in [-0.3, -0.25) is 5.84 Å². The molecule has 108 valence electrons.